The fourth-order valence-corrected chi connectivity index (χ4v) is 13.6. The number of ether oxygens (including phenoxy) is 4. The van der Waals surface area contributed by atoms with E-state index in [1.807, 2.05) is 82.3 Å². The zero-order valence-corrected chi connectivity index (χ0v) is 33.6. The van der Waals surface area contributed by atoms with E-state index < -0.39 is 24.7 Å². The first-order valence-corrected chi connectivity index (χ1v) is 22.3. The summed E-state index contributed by atoms with van der Waals surface area (Å²) in [7, 11) is 6.99. The smallest absolute Gasteiger partial charge is 0.251 e. The molecule has 4 fully saturated rings. The molecule has 294 valence electrons. The lowest BCUT2D eigenvalue weighted by molar-refractivity contribution is -0.216. The first kappa shape index (κ1) is 39.2. The van der Waals surface area contributed by atoms with Crippen LogP contribution in [0.3, 0.4) is 0 Å². The van der Waals surface area contributed by atoms with Crippen molar-refractivity contribution in [3.63, 3.8) is 0 Å². The minimum absolute atomic E-state index is 0.0113. The Kier molecular flexibility index (Phi) is 12.8. The maximum atomic E-state index is 13.9. The predicted octanol–water partition coefficient (Wildman–Crippen LogP) is 8.61. The molecule has 2 aliphatic carbocycles. The molecule has 2 amide bonds. The van der Waals surface area contributed by atoms with Gasteiger partial charge in [-0.25, -0.2) is 0 Å². The molecular weight excluding hydrogens is 741 g/mol. The van der Waals surface area contributed by atoms with E-state index in [4.69, 9.17) is 18.9 Å². The van der Waals surface area contributed by atoms with E-state index in [0.717, 1.165) is 38.5 Å². The molecule has 12 atom stereocenters. The maximum Gasteiger partial charge on any atom is 0.251 e. The molecule has 0 unspecified atom stereocenters. The Morgan fingerprint density at radius 3 is 1.25 bits per heavy atom. The first-order chi connectivity index (χ1) is 27.5. The third-order valence-electron chi connectivity index (χ3n) is 12.4. The Morgan fingerprint density at radius 2 is 0.893 bits per heavy atom. The number of benzene rings is 4. The van der Waals surface area contributed by atoms with Crippen LogP contribution in [0.2, 0.25) is 0 Å². The molecular formula is C46H52N2O6S2. The van der Waals surface area contributed by atoms with Gasteiger partial charge in [-0.05, 0) is 85.8 Å². The fourth-order valence-electron chi connectivity index (χ4n) is 9.54. The van der Waals surface area contributed by atoms with Gasteiger partial charge in [0, 0.05) is 47.7 Å². The van der Waals surface area contributed by atoms with Gasteiger partial charge in [0.2, 0.25) is 0 Å². The van der Waals surface area contributed by atoms with Crippen LogP contribution >= 0.6 is 21.6 Å². The van der Waals surface area contributed by atoms with Crippen LogP contribution < -0.4 is 10.6 Å². The van der Waals surface area contributed by atoms with Crippen LogP contribution in [-0.2, 0) is 18.9 Å². The highest BCUT2D eigenvalue weighted by Crippen LogP contribution is 2.54. The summed E-state index contributed by atoms with van der Waals surface area (Å²) < 4.78 is 25.6. The lowest BCUT2D eigenvalue weighted by atomic mass is 9.72. The Morgan fingerprint density at radius 1 is 0.536 bits per heavy atom. The summed E-state index contributed by atoms with van der Waals surface area (Å²) in [6.07, 6.45) is 4.50. The van der Waals surface area contributed by atoms with E-state index in [9.17, 15) is 9.59 Å². The average Bonchev–Trinajstić information content (AvgIpc) is 3.26. The average molecular weight is 793 g/mol. The van der Waals surface area contributed by atoms with E-state index in [0.29, 0.717) is 23.0 Å². The maximum absolute atomic E-state index is 13.9. The summed E-state index contributed by atoms with van der Waals surface area (Å²) in [4.78, 5) is 27.8. The Hall–Kier alpha value is -3.64. The number of carbonyl (C=O) groups excluding carboxylic acids is 2. The number of methoxy groups -OCH3 is 2. The molecule has 2 N–H and O–H groups in total. The number of fused-ring (bicyclic) bond motifs is 2. The molecule has 0 bridgehead atoms. The molecule has 8 rings (SSSR count). The normalized spacial score (nSPS) is 32.7. The van der Waals surface area contributed by atoms with Gasteiger partial charge < -0.3 is 29.6 Å². The summed E-state index contributed by atoms with van der Waals surface area (Å²) in [5.74, 6) is 0.755. The van der Waals surface area contributed by atoms with Crippen LogP contribution in [0.25, 0.3) is 0 Å². The van der Waals surface area contributed by atoms with Crippen molar-refractivity contribution in [1.82, 2.24) is 10.6 Å². The Labute approximate surface area is 338 Å². The number of hydrogen-bond donors (Lipinski definition) is 2. The summed E-state index contributed by atoms with van der Waals surface area (Å²) in [6, 6.07) is 39.4. The van der Waals surface area contributed by atoms with E-state index in [1.165, 1.54) is 11.1 Å². The summed E-state index contributed by atoms with van der Waals surface area (Å²) in [6.45, 7) is 0. The molecule has 0 spiro atoms. The van der Waals surface area contributed by atoms with E-state index >= 15 is 0 Å². The van der Waals surface area contributed by atoms with Crippen molar-refractivity contribution in [2.75, 3.05) is 14.2 Å². The second kappa shape index (κ2) is 18.3. The van der Waals surface area contributed by atoms with Crippen molar-refractivity contribution in [3.8, 4) is 0 Å². The van der Waals surface area contributed by atoms with Crippen molar-refractivity contribution in [2.24, 2.45) is 11.8 Å². The largest absolute Gasteiger partial charge is 0.354 e. The monoisotopic (exact) mass is 792 g/mol. The number of carbonyl (C=O) groups is 2. The molecule has 4 aliphatic rings. The van der Waals surface area contributed by atoms with Gasteiger partial charge in [-0.1, -0.05) is 119 Å². The number of nitrogens with one attached hydrogen (secondary N) is 2. The van der Waals surface area contributed by atoms with Gasteiger partial charge in [-0.15, -0.1) is 0 Å². The zero-order chi connectivity index (χ0) is 38.4. The number of rotatable bonds is 11. The molecule has 4 aromatic carbocycles. The first-order valence-electron chi connectivity index (χ1n) is 20.0. The van der Waals surface area contributed by atoms with Gasteiger partial charge in [0.15, 0.2) is 12.6 Å². The predicted molar refractivity (Wildman–Crippen MR) is 223 cm³/mol. The molecule has 8 nitrogen and oxygen atoms in total. The highest BCUT2D eigenvalue weighted by molar-refractivity contribution is 8.77. The Bertz CT molecular complexity index is 1740. The van der Waals surface area contributed by atoms with E-state index in [-0.39, 0.29) is 46.4 Å². The van der Waals surface area contributed by atoms with Gasteiger partial charge in [0.25, 0.3) is 11.8 Å². The molecule has 4 aromatic rings. The zero-order valence-electron chi connectivity index (χ0n) is 32.0. The molecule has 56 heavy (non-hydrogen) atoms. The highest BCUT2D eigenvalue weighted by Gasteiger charge is 2.53. The van der Waals surface area contributed by atoms with Gasteiger partial charge in [-0.3, -0.25) is 9.59 Å². The minimum Gasteiger partial charge on any atom is -0.354 e. The third-order valence-corrected chi connectivity index (χ3v) is 15.9. The van der Waals surface area contributed by atoms with Crippen LogP contribution in [0.15, 0.2) is 121 Å². The van der Waals surface area contributed by atoms with Crippen molar-refractivity contribution in [1.29, 1.82) is 0 Å². The second-order valence-electron chi connectivity index (χ2n) is 15.6. The summed E-state index contributed by atoms with van der Waals surface area (Å²) in [5, 5.41) is 6.67. The number of amides is 2. The van der Waals surface area contributed by atoms with Gasteiger partial charge in [0.1, 0.15) is 0 Å². The van der Waals surface area contributed by atoms with Crippen molar-refractivity contribution in [2.45, 2.75) is 97.7 Å². The van der Waals surface area contributed by atoms with E-state index in [2.05, 4.69) is 71.3 Å². The minimum atomic E-state index is -0.616. The summed E-state index contributed by atoms with van der Waals surface area (Å²) >= 11 is 0. The van der Waals surface area contributed by atoms with Gasteiger partial charge >= 0.3 is 0 Å². The van der Waals surface area contributed by atoms with Crippen molar-refractivity contribution < 1.29 is 28.5 Å². The quantitative estimate of drug-likeness (QED) is 0.146. The van der Waals surface area contributed by atoms with Crippen LogP contribution in [0.1, 0.15) is 82.2 Å². The molecule has 0 radical (unpaired) electrons. The molecule has 2 heterocycles. The number of hydrogen-bond acceptors (Lipinski definition) is 8. The van der Waals surface area contributed by atoms with Crippen LogP contribution in [-0.4, -0.2) is 73.4 Å². The molecule has 2 saturated heterocycles. The van der Waals surface area contributed by atoms with Crippen molar-refractivity contribution >= 4 is 33.4 Å². The lowest BCUT2D eigenvalue weighted by Crippen LogP contribution is -2.62. The van der Waals surface area contributed by atoms with Crippen molar-refractivity contribution in [3.05, 3.63) is 144 Å². The van der Waals surface area contributed by atoms with Crippen LogP contribution in [0.4, 0.5) is 0 Å². The second-order valence-corrected chi connectivity index (χ2v) is 18.2. The Balaban J connectivity index is 1.13. The van der Waals surface area contributed by atoms with Gasteiger partial charge in [-0.2, -0.15) is 0 Å². The van der Waals surface area contributed by atoms with Gasteiger partial charge in [0.05, 0.1) is 24.3 Å². The molecule has 2 saturated carbocycles. The molecule has 10 heteroatoms. The SMILES string of the molecule is CO[C@H]1O[C@H]2CC[C@@H](c3ccccc3)C[C@H]2[C@@H](SS[C@H]2[C@H]3C[C@@H](c4ccccc4)CC[C@H]3O[C@@H](OC)[C@H]2NC(=O)c2ccccc2)[C@@H]1NC(=O)c1ccccc1. The highest BCUT2D eigenvalue weighted by atomic mass is 33.1. The topological polar surface area (TPSA) is 95.1 Å². The molecule has 2 aliphatic heterocycles. The molecule has 0 aromatic heterocycles. The fraction of sp³-hybridized carbons (Fsp3) is 0.435. The standard InChI is InChI=1S/C46H52N2O6S2/c1-51-45-39(47-43(49)31-19-11-5-12-20-31)41(35-27-33(23-25-37(35)53-45)29-15-7-3-8-16-29)55-56-42-36-28-34(30-17-9-4-10-18-30)24-26-38(36)54-46(52-2)40(42)48-44(50)32-21-13-6-14-22-32/h3-22,33-42,45-46H,23-28H2,1-2H3,(H,47,49)(H,48,50)/t33-,34+,35-,36+,37+,38-,39-,40-,41-,42+,45+,46-/m0/s1. The van der Waals surface area contributed by atoms with Crippen LogP contribution in [0, 0.1) is 11.8 Å². The van der Waals surface area contributed by atoms with E-state index in [1.54, 1.807) is 14.2 Å². The summed E-state index contributed by atoms with van der Waals surface area (Å²) in [5.41, 5.74) is 3.88. The van der Waals surface area contributed by atoms with Crippen LogP contribution in [0.5, 0.6) is 0 Å². The third kappa shape index (κ3) is 8.61. The lowest BCUT2D eigenvalue weighted by Gasteiger charge is -2.52.